The van der Waals surface area contributed by atoms with E-state index in [0.717, 1.165) is 0 Å². The predicted molar refractivity (Wildman–Crippen MR) is 133 cm³/mol. The molecule has 188 valence electrons. The predicted octanol–water partition coefficient (Wildman–Crippen LogP) is 3.51. The van der Waals surface area contributed by atoms with Gasteiger partial charge in [-0.15, -0.1) is 0 Å². The van der Waals surface area contributed by atoms with Crippen LogP contribution in [-0.2, 0) is 19.7 Å². The van der Waals surface area contributed by atoms with Crippen molar-refractivity contribution in [3.05, 3.63) is 53.6 Å². The highest BCUT2D eigenvalue weighted by Gasteiger charge is 2.26. The molecule has 0 saturated heterocycles. The van der Waals surface area contributed by atoms with Crippen LogP contribution in [0.25, 0.3) is 0 Å². The maximum absolute atomic E-state index is 12.8. The Morgan fingerprint density at radius 2 is 1.86 bits per heavy atom. The van der Waals surface area contributed by atoms with Crippen molar-refractivity contribution in [2.45, 2.75) is 39.0 Å². The summed E-state index contributed by atoms with van der Waals surface area (Å²) in [5.41, 5.74) is 2.18. The number of ether oxygens (including phenoxy) is 3. The van der Waals surface area contributed by atoms with Crippen LogP contribution in [0.3, 0.4) is 0 Å². The second-order valence-electron chi connectivity index (χ2n) is 9.45. The molecule has 2 aromatic carbocycles. The number of ketones is 1. The molecule has 1 aliphatic heterocycles. The van der Waals surface area contributed by atoms with Crippen LogP contribution >= 0.6 is 0 Å². The number of methoxy groups -OCH3 is 1. The molecule has 35 heavy (non-hydrogen) atoms. The van der Waals surface area contributed by atoms with Crippen LogP contribution in [0.4, 0.5) is 5.69 Å². The Bertz CT molecular complexity index is 1040. The van der Waals surface area contributed by atoms with Gasteiger partial charge < -0.3 is 24.4 Å². The molecule has 2 aromatic rings. The number of nitrogens with one attached hydrogen (secondary N) is 1. The summed E-state index contributed by atoms with van der Waals surface area (Å²) >= 11 is 0. The molecule has 8 nitrogen and oxygen atoms in total. The van der Waals surface area contributed by atoms with E-state index in [2.05, 4.69) is 26.1 Å². The highest BCUT2D eigenvalue weighted by atomic mass is 16.5. The van der Waals surface area contributed by atoms with Gasteiger partial charge in [0, 0.05) is 32.2 Å². The number of carbonyl (C=O) groups is 3. The third kappa shape index (κ3) is 7.29. The van der Waals surface area contributed by atoms with Gasteiger partial charge >= 0.3 is 0 Å². The molecule has 0 saturated carbocycles. The number of fused-ring (bicyclic) bond motifs is 1. The zero-order valence-corrected chi connectivity index (χ0v) is 20.9. The molecule has 0 fully saturated rings. The molecule has 0 bridgehead atoms. The van der Waals surface area contributed by atoms with Crippen molar-refractivity contribution in [1.29, 1.82) is 0 Å². The Kier molecular flexibility index (Phi) is 8.87. The molecule has 0 aromatic heterocycles. The van der Waals surface area contributed by atoms with Gasteiger partial charge in [0.15, 0.2) is 19.0 Å². The minimum atomic E-state index is -0.211. The van der Waals surface area contributed by atoms with Gasteiger partial charge in [-0.2, -0.15) is 0 Å². The Hall–Kier alpha value is -3.39. The summed E-state index contributed by atoms with van der Waals surface area (Å²) in [5.74, 6) is 0.637. The molecule has 8 heteroatoms. The van der Waals surface area contributed by atoms with Crippen LogP contribution in [-0.4, -0.2) is 57.6 Å². The zero-order chi connectivity index (χ0) is 25.4. The van der Waals surface area contributed by atoms with Crippen molar-refractivity contribution < 1.29 is 28.6 Å². The van der Waals surface area contributed by atoms with Crippen molar-refractivity contribution in [3.8, 4) is 11.5 Å². The van der Waals surface area contributed by atoms with E-state index in [4.69, 9.17) is 14.2 Å². The van der Waals surface area contributed by atoms with Gasteiger partial charge in [-0.05, 0) is 47.7 Å². The number of rotatable bonds is 11. The Balaban J connectivity index is 1.61. The van der Waals surface area contributed by atoms with Crippen molar-refractivity contribution in [3.63, 3.8) is 0 Å². The molecule has 1 N–H and O–H groups in total. The lowest BCUT2D eigenvalue weighted by atomic mass is 9.87. The summed E-state index contributed by atoms with van der Waals surface area (Å²) in [6.07, 6.45) is 0.764. The van der Waals surface area contributed by atoms with Crippen molar-refractivity contribution in [1.82, 2.24) is 5.32 Å². The summed E-state index contributed by atoms with van der Waals surface area (Å²) in [7, 11) is 1.57. The third-order valence-corrected chi connectivity index (χ3v) is 5.73. The fourth-order valence-electron chi connectivity index (χ4n) is 3.68. The monoisotopic (exact) mass is 482 g/mol. The molecular formula is C27H34N2O6. The SMILES string of the molecule is COCCNC(=O)CCCN1C(=O)COc2ccc(C(=O)COc3ccc(C(C)(C)C)cc3)cc21. The molecule has 0 unspecified atom stereocenters. The van der Waals surface area contributed by atoms with Crippen LogP contribution in [0.5, 0.6) is 11.5 Å². The molecule has 2 amide bonds. The summed E-state index contributed by atoms with van der Waals surface area (Å²) < 4.78 is 16.2. The molecule has 0 radical (unpaired) electrons. The molecule has 0 spiro atoms. The van der Waals surface area contributed by atoms with E-state index in [1.807, 2.05) is 24.3 Å². The number of Topliss-reactive ketones (excluding diaryl/α,β-unsaturated/α-hetero) is 1. The van der Waals surface area contributed by atoms with E-state index in [1.165, 1.54) is 5.56 Å². The molecule has 3 rings (SSSR count). The first-order valence-electron chi connectivity index (χ1n) is 11.8. The van der Waals surface area contributed by atoms with Crippen LogP contribution in [0.2, 0.25) is 0 Å². The van der Waals surface area contributed by atoms with Gasteiger partial charge in [0.2, 0.25) is 5.91 Å². The minimum Gasteiger partial charge on any atom is -0.485 e. The van der Waals surface area contributed by atoms with Crippen LogP contribution < -0.4 is 19.7 Å². The van der Waals surface area contributed by atoms with Gasteiger partial charge in [0.05, 0.1) is 12.3 Å². The smallest absolute Gasteiger partial charge is 0.265 e. The largest absolute Gasteiger partial charge is 0.485 e. The molecule has 0 atom stereocenters. The number of carbonyl (C=O) groups excluding carboxylic acids is 3. The van der Waals surface area contributed by atoms with Crippen LogP contribution in [0.1, 0.15) is 49.5 Å². The number of anilines is 1. The first-order chi connectivity index (χ1) is 16.7. The molecular weight excluding hydrogens is 448 g/mol. The lowest BCUT2D eigenvalue weighted by molar-refractivity contribution is -0.123. The highest BCUT2D eigenvalue weighted by Crippen LogP contribution is 2.33. The molecule has 1 aliphatic rings. The number of hydrogen-bond acceptors (Lipinski definition) is 6. The fraction of sp³-hybridized carbons (Fsp3) is 0.444. The maximum atomic E-state index is 12.8. The Morgan fingerprint density at radius 1 is 1.11 bits per heavy atom. The van der Waals surface area contributed by atoms with Crippen LogP contribution in [0.15, 0.2) is 42.5 Å². The van der Waals surface area contributed by atoms with Crippen molar-refractivity contribution in [2.75, 3.05) is 44.9 Å². The Morgan fingerprint density at radius 3 is 2.54 bits per heavy atom. The maximum Gasteiger partial charge on any atom is 0.265 e. The van der Waals surface area contributed by atoms with E-state index in [-0.39, 0.29) is 42.6 Å². The van der Waals surface area contributed by atoms with Gasteiger partial charge in [0.1, 0.15) is 11.5 Å². The lowest BCUT2D eigenvalue weighted by Crippen LogP contribution is -2.40. The molecule has 0 aliphatic carbocycles. The third-order valence-electron chi connectivity index (χ3n) is 5.73. The number of hydrogen-bond donors (Lipinski definition) is 1. The van der Waals surface area contributed by atoms with E-state index in [1.54, 1.807) is 30.2 Å². The highest BCUT2D eigenvalue weighted by molar-refractivity contribution is 6.02. The zero-order valence-electron chi connectivity index (χ0n) is 20.9. The first-order valence-corrected chi connectivity index (χ1v) is 11.8. The standard InChI is InChI=1S/C27H34N2O6/c1-27(2,3)20-8-10-21(11-9-20)34-17-23(30)19-7-12-24-22(16-19)29(26(32)18-35-24)14-5-6-25(31)28-13-15-33-4/h7-12,16H,5-6,13-15,17-18H2,1-4H3,(H,28,31). The fourth-order valence-corrected chi connectivity index (χ4v) is 3.68. The second-order valence-corrected chi connectivity index (χ2v) is 9.45. The van der Waals surface area contributed by atoms with E-state index in [0.29, 0.717) is 48.9 Å². The second kappa shape index (κ2) is 11.8. The summed E-state index contributed by atoms with van der Waals surface area (Å²) in [6.45, 7) is 7.46. The van der Waals surface area contributed by atoms with Gasteiger partial charge in [-0.1, -0.05) is 32.9 Å². The summed E-state index contributed by atoms with van der Waals surface area (Å²) in [4.78, 5) is 38.8. The lowest BCUT2D eigenvalue weighted by Gasteiger charge is -2.29. The van der Waals surface area contributed by atoms with Gasteiger partial charge in [-0.3, -0.25) is 14.4 Å². The van der Waals surface area contributed by atoms with Crippen molar-refractivity contribution >= 4 is 23.3 Å². The van der Waals surface area contributed by atoms with Crippen molar-refractivity contribution in [2.24, 2.45) is 0 Å². The minimum absolute atomic E-state index is 0.0384. The van der Waals surface area contributed by atoms with E-state index >= 15 is 0 Å². The topological polar surface area (TPSA) is 94.2 Å². The summed E-state index contributed by atoms with van der Waals surface area (Å²) in [5, 5.41) is 2.76. The van der Waals surface area contributed by atoms with Gasteiger partial charge in [-0.25, -0.2) is 0 Å². The normalized spacial score (nSPS) is 13.1. The first kappa shape index (κ1) is 26.2. The van der Waals surface area contributed by atoms with Crippen LogP contribution in [0, 0.1) is 0 Å². The molecule has 1 heterocycles. The van der Waals surface area contributed by atoms with E-state index < -0.39 is 0 Å². The number of benzene rings is 2. The Labute approximate surface area is 206 Å². The van der Waals surface area contributed by atoms with Gasteiger partial charge in [0.25, 0.3) is 5.91 Å². The quantitative estimate of drug-likeness (QED) is 0.389. The average Bonchev–Trinajstić information content (AvgIpc) is 2.83. The average molecular weight is 483 g/mol. The van der Waals surface area contributed by atoms with E-state index in [9.17, 15) is 14.4 Å². The summed E-state index contributed by atoms with van der Waals surface area (Å²) in [6, 6.07) is 12.7. The number of amides is 2. The number of nitrogens with zero attached hydrogens (tertiary/aromatic N) is 1.